The van der Waals surface area contributed by atoms with Crippen molar-refractivity contribution < 1.29 is 4.39 Å². The van der Waals surface area contributed by atoms with E-state index >= 15 is 0 Å². The first-order chi connectivity index (χ1) is 14.1. The van der Waals surface area contributed by atoms with Crippen LogP contribution in [0.3, 0.4) is 0 Å². The quantitative estimate of drug-likeness (QED) is 0.412. The Morgan fingerprint density at radius 3 is 2.83 bits per heavy atom. The van der Waals surface area contributed by atoms with Gasteiger partial charge in [-0.2, -0.15) is 9.61 Å². The SMILES string of the molecule is C=c1[nH]c(=O)/c(=C/c2cnn3c(NC4CC4)cc(Nc4ccccc4F)nc23)[nH]1. The molecule has 1 aliphatic carbocycles. The van der Waals surface area contributed by atoms with Crippen LogP contribution < -0.4 is 27.0 Å². The van der Waals surface area contributed by atoms with Crippen LogP contribution in [0.1, 0.15) is 18.4 Å². The van der Waals surface area contributed by atoms with Gasteiger partial charge in [0, 0.05) is 17.7 Å². The molecule has 0 aliphatic heterocycles. The Morgan fingerprint density at radius 2 is 2.10 bits per heavy atom. The van der Waals surface area contributed by atoms with Crippen LogP contribution in [-0.4, -0.2) is 30.6 Å². The highest BCUT2D eigenvalue weighted by molar-refractivity contribution is 5.71. The number of hydrogen-bond donors (Lipinski definition) is 4. The molecular formula is C20H18FN7O. The summed E-state index contributed by atoms with van der Waals surface area (Å²) in [7, 11) is 0. The Balaban J connectivity index is 1.65. The third-order valence-electron chi connectivity index (χ3n) is 4.66. The summed E-state index contributed by atoms with van der Waals surface area (Å²) in [6.45, 7) is 3.69. The van der Waals surface area contributed by atoms with Crippen LogP contribution >= 0.6 is 0 Å². The standard InChI is InChI=1S/C20H18FN7O/c1-11-23-16(20(29)24-11)8-12-10-22-28-18(25-13-6-7-13)9-17(27-19(12)28)26-15-5-3-2-4-14(15)21/h2-5,8-10,13,23,25H,1,6-7H2,(H,24,29)(H,26,27)/b16-8-. The summed E-state index contributed by atoms with van der Waals surface area (Å²) in [5.74, 6) is 0.848. The van der Waals surface area contributed by atoms with Gasteiger partial charge in [0.25, 0.3) is 5.56 Å². The number of H-pyrrole nitrogens is 2. The molecule has 9 heteroatoms. The minimum absolute atomic E-state index is 0.272. The fourth-order valence-electron chi connectivity index (χ4n) is 3.10. The Bertz CT molecular complexity index is 1380. The highest BCUT2D eigenvalue weighted by Crippen LogP contribution is 2.28. The lowest BCUT2D eigenvalue weighted by Gasteiger charge is -2.12. The molecule has 8 nitrogen and oxygen atoms in total. The summed E-state index contributed by atoms with van der Waals surface area (Å²) < 4.78 is 15.8. The number of halogens is 1. The van der Waals surface area contributed by atoms with Gasteiger partial charge in [-0.25, -0.2) is 9.37 Å². The van der Waals surface area contributed by atoms with Crippen molar-refractivity contribution in [2.45, 2.75) is 18.9 Å². The number of hydrogen-bond acceptors (Lipinski definition) is 5. The van der Waals surface area contributed by atoms with Crippen LogP contribution in [0.15, 0.2) is 41.3 Å². The highest BCUT2D eigenvalue weighted by atomic mass is 19.1. The molecule has 4 N–H and O–H groups in total. The van der Waals surface area contributed by atoms with Crippen LogP contribution in [0.5, 0.6) is 0 Å². The molecule has 0 radical (unpaired) electrons. The molecule has 0 atom stereocenters. The van der Waals surface area contributed by atoms with Crippen LogP contribution in [0.2, 0.25) is 0 Å². The Hall–Kier alpha value is -3.88. The van der Waals surface area contributed by atoms with Crippen molar-refractivity contribution in [2.24, 2.45) is 0 Å². The number of aromatic amines is 2. The van der Waals surface area contributed by atoms with E-state index in [4.69, 9.17) is 0 Å². The summed E-state index contributed by atoms with van der Waals surface area (Å²) in [5, 5.41) is 11.2. The maximum Gasteiger partial charge on any atom is 0.273 e. The van der Waals surface area contributed by atoms with Crippen LogP contribution in [0.4, 0.5) is 21.7 Å². The van der Waals surface area contributed by atoms with Gasteiger partial charge in [0.05, 0.1) is 11.9 Å². The van der Waals surface area contributed by atoms with E-state index in [9.17, 15) is 9.18 Å². The number of para-hydroxylation sites is 1. The van der Waals surface area contributed by atoms with Crippen LogP contribution in [-0.2, 0) is 0 Å². The first kappa shape index (κ1) is 17.2. The fraction of sp³-hybridized carbons (Fsp3) is 0.150. The maximum atomic E-state index is 14.1. The van der Waals surface area contributed by atoms with Gasteiger partial charge >= 0.3 is 0 Å². The molecule has 146 valence electrons. The Morgan fingerprint density at radius 1 is 1.28 bits per heavy atom. The second-order valence-electron chi connectivity index (χ2n) is 7.00. The van der Waals surface area contributed by atoms with E-state index in [1.165, 1.54) is 6.07 Å². The van der Waals surface area contributed by atoms with Crippen molar-refractivity contribution in [3.63, 3.8) is 0 Å². The molecular weight excluding hydrogens is 373 g/mol. The van der Waals surface area contributed by atoms with Crippen molar-refractivity contribution in [1.82, 2.24) is 24.6 Å². The molecule has 4 aromatic rings. The molecule has 3 aromatic heterocycles. The molecule has 0 amide bonds. The van der Waals surface area contributed by atoms with Gasteiger partial charge < -0.3 is 20.6 Å². The number of rotatable bonds is 5. The molecule has 0 saturated heterocycles. The zero-order valence-electron chi connectivity index (χ0n) is 15.4. The van der Waals surface area contributed by atoms with Gasteiger partial charge in [0.1, 0.15) is 28.3 Å². The Labute approximate surface area is 163 Å². The molecule has 0 unspecified atom stereocenters. The largest absolute Gasteiger partial charge is 0.367 e. The third-order valence-corrected chi connectivity index (χ3v) is 4.66. The van der Waals surface area contributed by atoms with Crippen molar-refractivity contribution in [3.8, 4) is 0 Å². The maximum absolute atomic E-state index is 14.1. The number of aromatic nitrogens is 5. The van der Waals surface area contributed by atoms with Crippen LogP contribution in [0, 0.1) is 5.82 Å². The van der Waals surface area contributed by atoms with E-state index in [1.54, 1.807) is 41.1 Å². The zero-order valence-corrected chi connectivity index (χ0v) is 15.4. The van der Waals surface area contributed by atoms with E-state index in [0.29, 0.717) is 39.6 Å². The van der Waals surface area contributed by atoms with Crippen LogP contribution in [0.25, 0.3) is 18.3 Å². The molecule has 1 saturated carbocycles. The molecule has 0 bridgehead atoms. The van der Waals surface area contributed by atoms with E-state index in [1.807, 2.05) is 0 Å². The van der Waals surface area contributed by atoms with Gasteiger partial charge in [-0.3, -0.25) is 4.79 Å². The molecule has 29 heavy (non-hydrogen) atoms. The topological polar surface area (TPSA) is 103 Å². The summed E-state index contributed by atoms with van der Waals surface area (Å²) in [5.41, 5.74) is 1.66. The minimum atomic E-state index is -0.368. The summed E-state index contributed by atoms with van der Waals surface area (Å²) in [6.07, 6.45) is 5.47. The number of fused-ring (bicyclic) bond motifs is 1. The second-order valence-corrected chi connectivity index (χ2v) is 7.00. The van der Waals surface area contributed by atoms with E-state index < -0.39 is 0 Å². The summed E-state index contributed by atoms with van der Waals surface area (Å²) in [4.78, 5) is 22.1. The molecule has 1 aliphatic rings. The monoisotopic (exact) mass is 391 g/mol. The molecule has 3 heterocycles. The molecule has 1 fully saturated rings. The zero-order chi connectivity index (χ0) is 20.0. The molecule has 5 rings (SSSR count). The average molecular weight is 391 g/mol. The lowest BCUT2D eigenvalue weighted by molar-refractivity contribution is 0.632. The first-order valence-electron chi connectivity index (χ1n) is 9.23. The van der Waals surface area contributed by atoms with Gasteiger partial charge in [-0.15, -0.1) is 0 Å². The van der Waals surface area contributed by atoms with Crippen molar-refractivity contribution >= 4 is 35.6 Å². The van der Waals surface area contributed by atoms with Gasteiger partial charge in [-0.1, -0.05) is 18.7 Å². The van der Waals surface area contributed by atoms with Crippen molar-refractivity contribution in [2.75, 3.05) is 10.6 Å². The van der Waals surface area contributed by atoms with E-state index in [-0.39, 0.29) is 11.4 Å². The normalized spacial score (nSPS) is 14.4. The number of nitrogens with one attached hydrogen (secondary N) is 4. The highest BCUT2D eigenvalue weighted by Gasteiger charge is 2.23. The molecule has 1 aromatic carbocycles. The lowest BCUT2D eigenvalue weighted by atomic mass is 10.3. The third kappa shape index (κ3) is 3.38. The van der Waals surface area contributed by atoms with Crippen molar-refractivity contribution in [3.05, 3.63) is 69.1 Å². The fourth-order valence-corrected chi connectivity index (χ4v) is 3.10. The van der Waals surface area contributed by atoms with Crippen molar-refractivity contribution in [1.29, 1.82) is 0 Å². The second kappa shape index (κ2) is 6.62. The summed E-state index contributed by atoms with van der Waals surface area (Å²) >= 11 is 0. The van der Waals surface area contributed by atoms with Gasteiger partial charge in [0.15, 0.2) is 5.65 Å². The van der Waals surface area contributed by atoms with Gasteiger partial charge in [-0.05, 0) is 31.1 Å². The number of nitrogens with zero attached hydrogens (tertiary/aromatic N) is 3. The van der Waals surface area contributed by atoms with E-state index in [0.717, 1.165) is 18.7 Å². The first-order valence-corrected chi connectivity index (χ1v) is 9.23. The summed E-state index contributed by atoms with van der Waals surface area (Å²) in [6, 6.07) is 8.59. The average Bonchev–Trinajstić information content (AvgIpc) is 3.33. The predicted molar refractivity (Wildman–Crippen MR) is 109 cm³/mol. The minimum Gasteiger partial charge on any atom is -0.367 e. The number of anilines is 3. The lowest BCUT2D eigenvalue weighted by Crippen LogP contribution is -2.22. The number of imidazole rings is 1. The van der Waals surface area contributed by atoms with E-state index in [2.05, 4.69) is 37.3 Å². The Kier molecular flexibility index (Phi) is 3.94. The number of benzene rings is 1. The predicted octanol–water partition coefficient (Wildman–Crippen LogP) is 1.44. The molecule has 0 spiro atoms. The van der Waals surface area contributed by atoms with Gasteiger partial charge in [0.2, 0.25) is 0 Å². The smallest absolute Gasteiger partial charge is 0.273 e.